The van der Waals surface area contributed by atoms with Crippen molar-refractivity contribution in [2.45, 2.75) is 56.1 Å². The molecule has 1 fully saturated rings. The second-order valence-electron chi connectivity index (χ2n) is 10.9. The molecule has 46 heavy (non-hydrogen) atoms. The maximum atomic E-state index is 14.4. The summed E-state index contributed by atoms with van der Waals surface area (Å²) in [4.78, 5) is 28.8. The highest BCUT2D eigenvalue weighted by Gasteiger charge is 2.35. The summed E-state index contributed by atoms with van der Waals surface area (Å²) in [5, 5.41) is 3.02. The van der Waals surface area contributed by atoms with Gasteiger partial charge in [-0.05, 0) is 61.7 Å². The van der Waals surface area contributed by atoms with E-state index >= 15 is 0 Å². The Morgan fingerprint density at radius 3 is 2.11 bits per heavy atom. The van der Waals surface area contributed by atoms with Gasteiger partial charge in [0.05, 0.1) is 39.0 Å². The van der Waals surface area contributed by atoms with E-state index in [0.29, 0.717) is 17.1 Å². The van der Waals surface area contributed by atoms with E-state index in [1.54, 1.807) is 13.0 Å². The standard InChI is InChI=1S/C33H40FN3O8S/c1-22(33(39)35-25-8-6-7-9-25)36(20-23-10-12-24(34)13-11-23)32(38)21-37(28-18-26(42-2)14-16-29(28)43-3)46(40,41)27-15-17-30(44-4)31(19-27)45-5/h10-19,22,25H,6-9,20-21H2,1-5H3,(H,35,39)/t22-/m1/s1. The molecular formula is C33H40FN3O8S. The fraction of sp³-hybridized carbons (Fsp3) is 0.394. The zero-order valence-corrected chi connectivity index (χ0v) is 27.4. The molecule has 0 radical (unpaired) electrons. The van der Waals surface area contributed by atoms with E-state index in [9.17, 15) is 22.4 Å². The van der Waals surface area contributed by atoms with Gasteiger partial charge in [0.15, 0.2) is 11.5 Å². The van der Waals surface area contributed by atoms with E-state index < -0.39 is 34.3 Å². The number of carbonyl (C=O) groups is 2. The molecule has 1 N–H and O–H groups in total. The van der Waals surface area contributed by atoms with Gasteiger partial charge >= 0.3 is 0 Å². The zero-order chi connectivity index (χ0) is 33.4. The summed E-state index contributed by atoms with van der Waals surface area (Å²) in [5.41, 5.74) is 0.596. The van der Waals surface area contributed by atoms with Gasteiger partial charge in [-0.25, -0.2) is 12.8 Å². The van der Waals surface area contributed by atoms with Gasteiger partial charge in [-0.2, -0.15) is 0 Å². The van der Waals surface area contributed by atoms with Gasteiger partial charge in [0, 0.05) is 24.7 Å². The van der Waals surface area contributed by atoms with Gasteiger partial charge in [-0.15, -0.1) is 0 Å². The highest BCUT2D eigenvalue weighted by atomic mass is 32.2. The van der Waals surface area contributed by atoms with Crippen molar-refractivity contribution in [2.75, 3.05) is 39.3 Å². The van der Waals surface area contributed by atoms with Crippen molar-refractivity contribution in [2.24, 2.45) is 0 Å². The lowest BCUT2D eigenvalue weighted by atomic mass is 10.1. The summed E-state index contributed by atoms with van der Waals surface area (Å²) in [6.45, 7) is 0.811. The molecule has 0 bridgehead atoms. The molecule has 248 valence electrons. The number of benzene rings is 3. The summed E-state index contributed by atoms with van der Waals surface area (Å²) < 4.78 is 64.9. The summed E-state index contributed by atoms with van der Waals surface area (Å²) in [6.07, 6.45) is 3.69. The molecule has 3 aromatic rings. The Morgan fingerprint density at radius 1 is 0.870 bits per heavy atom. The second kappa shape index (κ2) is 15.2. The van der Waals surface area contributed by atoms with Crippen molar-refractivity contribution < 1.29 is 41.3 Å². The monoisotopic (exact) mass is 657 g/mol. The minimum Gasteiger partial charge on any atom is -0.497 e. The molecule has 11 nitrogen and oxygen atoms in total. The Balaban J connectivity index is 1.79. The van der Waals surface area contributed by atoms with Crippen LogP contribution in [-0.4, -0.2) is 72.2 Å². The van der Waals surface area contributed by atoms with Crippen LogP contribution in [0.15, 0.2) is 65.6 Å². The van der Waals surface area contributed by atoms with E-state index in [0.717, 1.165) is 30.0 Å². The van der Waals surface area contributed by atoms with Crippen LogP contribution in [0.1, 0.15) is 38.2 Å². The van der Waals surface area contributed by atoms with Crippen molar-refractivity contribution in [3.63, 3.8) is 0 Å². The van der Waals surface area contributed by atoms with Crippen LogP contribution >= 0.6 is 0 Å². The Hall–Kier alpha value is -4.52. The maximum absolute atomic E-state index is 14.4. The third kappa shape index (κ3) is 7.82. The number of amides is 2. The average Bonchev–Trinajstić information content (AvgIpc) is 3.58. The van der Waals surface area contributed by atoms with Crippen LogP contribution in [0.3, 0.4) is 0 Å². The molecule has 0 aliphatic heterocycles. The van der Waals surface area contributed by atoms with Crippen LogP contribution in [0.2, 0.25) is 0 Å². The summed E-state index contributed by atoms with van der Waals surface area (Å²) >= 11 is 0. The molecule has 1 saturated carbocycles. The van der Waals surface area contributed by atoms with Gasteiger partial charge in [0.1, 0.15) is 29.9 Å². The molecule has 0 aromatic heterocycles. The highest BCUT2D eigenvalue weighted by Crippen LogP contribution is 2.38. The van der Waals surface area contributed by atoms with Gasteiger partial charge in [-0.3, -0.25) is 13.9 Å². The number of sulfonamides is 1. The van der Waals surface area contributed by atoms with Gasteiger partial charge in [0.25, 0.3) is 10.0 Å². The van der Waals surface area contributed by atoms with Crippen LogP contribution in [-0.2, 0) is 26.2 Å². The highest BCUT2D eigenvalue weighted by molar-refractivity contribution is 7.92. The van der Waals surface area contributed by atoms with Crippen molar-refractivity contribution in [3.05, 3.63) is 72.0 Å². The van der Waals surface area contributed by atoms with E-state index in [4.69, 9.17) is 18.9 Å². The van der Waals surface area contributed by atoms with E-state index in [1.165, 1.54) is 87.9 Å². The van der Waals surface area contributed by atoms with Crippen molar-refractivity contribution >= 4 is 27.5 Å². The maximum Gasteiger partial charge on any atom is 0.265 e. The number of methoxy groups -OCH3 is 4. The third-order valence-electron chi connectivity index (χ3n) is 8.01. The van der Waals surface area contributed by atoms with Crippen molar-refractivity contribution in [3.8, 4) is 23.0 Å². The first-order valence-electron chi connectivity index (χ1n) is 14.8. The second-order valence-corrected chi connectivity index (χ2v) is 12.7. The smallest absolute Gasteiger partial charge is 0.265 e. The number of anilines is 1. The number of ether oxygens (including phenoxy) is 4. The van der Waals surface area contributed by atoms with Crippen LogP contribution in [0.4, 0.5) is 10.1 Å². The molecule has 1 aliphatic carbocycles. The SMILES string of the molecule is COc1ccc(OC)c(N(CC(=O)N(Cc2ccc(F)cc2)[C@H](C)C(=O)NC2CCCC2)S(=O)(=O)c2ccc(OC)c(OC)c2)c1. The van der Waals surface area contributed by atoms with Gasteiger partial charge < -0.3 is 29.2 Å². The zero-order valence-electron chi connectivity index (χ0n) is 26.6. The first-order valence-corrected chi connectivity index (χ1v) is 16.3. The Kier molecular flexibility index (Phi) is 11.3. The quantitative estimate of drug-likeness (QED) is 0.268. The van der Waals surface area contributed by atoms with Crippen LogP contribution in [0.5, 0.6) is 23.0 Å². The summed E-state index contributed by atoms with van der Waals surface area (Å²) in [5.74, 6) is -0.523. The van der Waals surface area contributed by atoms with Gasteiger partial charge in [0.2, 0.25) is 11.8 Å². The molecule has 0 heterocycles. The molecular weight excluding hydrogens is 617 g/mol. The van der Waals surface area contributed by atoms with Crippen LogP contribution in [0.25, 0.3) is 0 Å². The van der Waals surface area contributed by atoms with Crippen LogP contribution < -0.4 is 28.6 Å². The van der Waals surface area contributed by atoms with E-state index in [1.807, 2.05) is 0 Å². The molecule has 2 amide bonds. The number of rotatable bonds is 14. The topological polar surface area (TPSA) is 124 Å². The molecule has 4 rings (SSSR count). The minimum absolute atomic E-state index is 0.000645. The number of halogens is 1. The average molecular weight is 658 g/mol. The minimum atomic E-state index is -4.48. The first-order chi connectivity index (χ1) is 22.0. The van der Waals surface area contributed by atoms with Crippen molar-refractivity contribution in [1.29, 1.82) is 0 Å². The Bertz CT molecular complexity index is 1630. The van der Waals surface area contributed by atoms with Crippen LogP contribution in [0, 0.1) is 5.82 Å². The largest absolute Gasteiger partial charge is 0.497 e. The molecule has 3 aromatic carbocycles. The summed E-state index contributed by atoms with van der Waals surface area (Å²) in [6, 6.07) is 13.2. The first kappa shape index (κ1) is 34.4. The number of nitrogens with zero attached hydrogens (tertiary/aromatic N) is 2. The fourth-order valence-electron chi connectivity index (χ4n) is 5.37. The Morgan fingerprint density at radius 2 is 1.50 bits per heavy atom. The lowest BCUT2D eigenvalue weighted by molar-refractivity contribution is -0.139. The number of hydrogen-bond donors (Lipinski definition) is 1. The third-order valence-corrected chi connectivity index (χ3v) is 9.77. The number of nitrogens with one attached hydrogen (secondary N) is 1. The number of carbonyl (C=O) groups excluding carboxylic acids is 2. The van der Waals surface area contributed by atoms with E-state index in [-0.39, 0.29) is 40.6 Å². The number of hydrogen-bond acceptors (Lipinski definition) is 8. The van der Waals surface area contributed by atoms with E-state index in [2.05, 4.69) is 5.32 Å². The molecule has 0 saturated heterocycles. The lowest BCUT2D eigenvalue weighted by Crippen LogP contribution is -2.52. The molecule has 0 unspecified atom stereocenters. The predicted octanol–water partition coefficient (Wildman–Crippen LogP) is 4.53. The Labute approximate surface area is 269 Å². The summed E-state index contributed by atoms with van der Waals surface area (Å²) in [7, 11) is 1.14. The molecule has 13 heteroatoms. The lowest BCUT2D eigenvalue weighted by Gasteiger charge is -2.33. The predicted molar refractivity (Wildman–Crippen MR) is 170 cm³/mol. The molecule has 1 aliphatic rings. The molecule has 1 atom stereocenters. The normalized spacial score (nSPS) is 13.9. The van der Waals surface area contributed by atoms with Crippen molar-refractivity contribution in [1.82, 2.24) is 10.2 Å². The fourth-order valence-corrected chi connectivity index (χ4v) is 6.80. The molecule has 0 spiro atoms. The van der Waals surface area contributed by atoms with Gasteiger partial charge in [-0.1, -0.05) is 25.0 Å².